The number of benzene rings is 3. The van der Waals surface area contributed by atoms with Gasteiger partial charge in [0.15, 0.2) is 5.78 Å². The first-order valence-electron chi connectivity index (χ1n) is 12.1. The second-order valence-electron chi connectivity index (χ2n) is 9.24. The van der Waals surface area contributed by atoms with Crippen LogP contribution >= 0.6 is 0 Å². The first-order valence-corrected chi connectivity index (χ1v) is 12.1. The highest BCUT2D eigenvalue weighted by molar-refractivity contribution is 6.24. The minimum absolute atomic E-state index is 0.0314. The van der Waals surface area contributed by atoms with Crippen LogP contribution in [0.3, 0.4) is 0 Å². The summed E-state index contributed by atoms with van der Waals surface area (Å²) in [6, 6.07) is 22.7. The van der Waals surface area contributed by atoms with E-state index >= 15 is 0 Å². The molecule has 6 nitrogen and oxygen atoms in total. The van der Waals surface area contributed by atoms with Crippen LogP contribution in [-0.4, -0.2) is 49.5 Å². The van der Waals surface area contributed by atoms with Crippen molar-refractivity contribution in [2.24, 2.45) is 0 Å². The molecule has 36 heavy (non-hydrogen) atoms. The van der Waals surface area contributed by atoms with Gasteiger partial charge in [0, 0.05) is 37.6 Å². The van der Waals surface area contributed by atoms with Crippen LogP contribution in [0.5, 0.6) is 17.2 Å². The first kappa shape index (κ1) is 23.7. The number of carbonyl (C=O) groups excluding carboxylic acids is 2. The summed E-state index contributed by atoms with van der Waals surface area (Å²) in [5.41, 5.74) is 2.41. The van der Waals surface area contributed by atoms with E-state index < -0.39 is 5.60 Å². The molecule has 184 valence electrons. The number of likely N-dealkylation sites (tertiary alicyclic amines) is 1. The van der Waals surface area contributed by atoms with Crippen molar-refractivity contribution in [3.8, 4) is 17.2 Å². The SMILES string of the molecule is COc1ccc(/C=C(/C(=O)N2CCC3(CC2)CC(=O)c2ccc(OC)cc2O3)c2ccccc2)cc1. The Kier molecular flexibility index (Phi) is 6.51. The largest absolute Gasteiger partial charge is 0.497 e. The Hall–Kier alpha value is -4.06. The number of amides is 1. The van der Waals surface area contributed by atoms with Gasteiger partial charge in [-0.1, -0.05) is 42.5 Å². The van der Waals surface area contributed by atoms with Crippen molar-refractivity contribution in [3.05, 3.63) is 89.5 Å². The van der Waals surface area contributed by atoms with Crippen LogP contribution in [0.25, 0.3) is 11.6 Å². The molecule has 0 aliphatic carbocycles. The minimum atomic E-state index is -0.597. The quantitative estimate of drug-likeness (QED) is 0.365. The van der Waals surface area contributed by atoms with Crippen LogP contribution < -0.4 is 14.2 Å². The van der Waals surface area contributed by atoms with E-state index in [1.54, 1.807) is 32.4 Å². The summed E-state index contributed by atoms with van der Waals surface area (Å²) in [6.07, 6.45) is 3.42. The third kappa shape index (κ3) is 4.71. The van der Waals surface area contributed by atoms with E-state index in [0.29, 0.717) is 55.0 Å². The van der Waals surface area contributed by atoms with Gasteiger partial charge in [0.1, 0.15) is 22.8 Å². The van der Waals surface area contributed by atoms with Gasteiger partial charge in [0.25, 0.3) is 5.91 Å². The number of rotatable bonds is 5. The maximum atomic E-state index is 13.8. The van der Waals surface area contributed by atoms with Gasteiger partial charge in [-0.15, -0.1) is 0 Å². The molecule has 1 spiro atoms. The number of nitrogens with zero attached hydrogens (tertiary/aromatic N) is 1. The number of hydrogen-bond acceptors (Lipinski definition) is 5. The molecule has 6 heteroatoms. The molecule has 2 heterocycles. The second-order valence-corrected chi connectivity index (χ2v) is 9.24. The zero-order chi connectivity index (χ0) is 25.1. The van der Waals surface area contributed by atoms with Crippen molar-refractivity contribution < 1.29 is 23.8 Å². The summed E-state index contributed by atoms with van der Waals surface area (Å²) in [5, 5.41) is 0. The van der Waals surface area contributed by atoms with E-state index in [-0.39, 0.29) is 11.7 Å². The summed E-state index contributed by atoms with van der Waals surface area (Å²) in [5.74, 6) is 2.03. The number of hydrogen-bond donors (Lipinski definition) is 0. The lowest BCUT2D eigenvalue weighted by atomic mass is 9.82. The summed E-state index contributed by atoms with van der Waals surface area (Å²) >= 11 is 0. The highest BCUT2D eigenvalue weighted by Crippen LogP contribution is 2.41. The number of fused-ring (bicyclic) bond motifs is 1. The van der Waals surface area contributed by atoms with Crippen LogP contribution in [-0.2, 0) is 4.79 Å². The second kappa shape index (κ2) is 9.90. The predicted octanol–water partition coefficient (Wildman–Crippen LogP) is 5.27. The zero-order valence-corrected chi connectivity index (χ0v) is 20.5. The fourth-order valence-corrected chi connectivity index (χ4v) is 4.92. The van der Waals surface area contributed by atoms with Gasteiger partial charge in [0.2, 0.25) is 0 Å². The average molecular weight is 484 g/mol. The summed E-state index contributed by atoms with van der Waals surface area (Å²) < 4.78 is 17.0. The molecule has 3 aromatic rings. The molecular weight excluding hydrogens is 454 g/mol. The van der Waals surface area contributed by atoms with Gasteiger partial charge in [0.05, 0.1) is 26.2 Å². The van der Waals surface area contributed by atoms with E-state index in [9.17, 15) is 9.59 Å². The highest BCUT2D eigenvalue weighted by atomic mass is 16.5. The van der Waals surface area contributed by atoms with Gasteiger partial charge in [-0.3, -0.25) is 9.59 Å². The average Bonchev–Trinajstić information content (AvgIpc) is 2.92. The topological polar surface area (TPSA) is 65.1 Å². The molecule has 3 aromatic carbocycles. The molecular formula is C30H29NO5. The van der Waals surface area contributed by atoms with E-state index in [1.807, 2.05) is 65.6 Å². The van der Waals surface area contributed by atoms with E-state index in [0.717, 1.165) is 16.9 Å². The maximum absolute atomic E-state index is 13.8. The Bertz CT molecular complexity index is 1290. The van der Waals surface area contributed by atoms with Gasteiger partial charge in [-0.25, -0.2) is 0 Å². The Balaban J connectivity index is 1.36. The number of Topliss-reactive ketones (excluding diaryl/α,β-unsaturated/α-hetero) is 1. The van der Waals surface area contributed by atoms with Crippen LogP contribution in [0.15, 0.2) is 72.8 Å². The lowest BCUT2D eigenvalue weighted by Crippen LogP contribution is -2.52. The lowest BCUT2D eigenvalue weighted by molar-refractivity contribution is -0.128. The Morgan fingerprint density at radius 2 is 1.58 bits per heavy atom. The number of ketones is 1. The van der Waals surface area contributed by atoms with Gasteiger partial charge in [-0.05, 0) is 41.5 Å². The van der Waals surface area contributed by atoms with Crippen LogP contribution in [0.4, 0.5) is 0 Å². The molecule has 0 radical (unpaired) electrons. The molecule has 0 bridgehead atoms. The van der Waals surface area contributed by atoms with E-state index in [1.165, 1.54) is 0 Å². The van der Waals surface area contributed by atoms with Gasteiger partial charge in [-0.2, -0.15) is 0 Å². The van der Waals surface area contributed by atoms with Gasteiger partial charge >= 0.3 is 0 Å². The normalized spacial score (nSPS) is 16.8. The van der Waals surface area contributed by atoms with E-state index in [2.05, 4.69) is 0 Å². The molecule has 0 unspecified atom stereocenters. The molecule has 5 rings (SSSR count). The molecule has 0 N–H and O–H groups in total. The monoisotopic (exact) mass is 483 g/mol. The van der Waals surface area contributed by atoms with Crippen molar-refractivity contribution in [2.45, 2.75) is 24.9 Å². The fraction of sp³-hybridized carbons (Fsp3) is 0.267. The molecule has 0 saturated carbocycles. The van der Waals surface area contributed by atoms with Crippen LogP contribution in [0.2, 0.25) is 0 Å². The van der Waals surface area contributed by atoms with Crippen molar-refractivity contribution in [3.63, 3.8) is 0 Å². The van der Waals surface area contributed by atoms with Crippen LogP contribution in [0, 0.1) is 0 Å². The molecule has 1 amide bonds. The summed E-state index contributed by atoms with van der Waals surface area (Å²) in [4.78, 5) is 28.5. The molecule has 2 aliphatic rings. The molecule has 0 aromatic heterocycles. The van der Waals surface area contributed by atoms with Crippen molar-refractivity contribution in [1.82, 2.24) is 4.90 Å². The smallest absolute Gasteiger partial charge is 0.254 e. The Labute approximate surface area is 211 Å². The number of carbonyl (C=O) groups is 2. The predicted molar refractivity (Wildman–Crippen MR) is 138 cm³/mol. The Morgan fingerprint density at radius 3 is 2.25 bits per heavy atom. The maximum Gasteiger partial charge on any atom is 0.254 e. The standard InChI is InChI=1S/C30H29NO5/c1-34-23-10-8-21(9-11-23)18-26(22-6-4-3-5-7-22)29(33)31-16-14-30(15-17-31)20-27(32)25-13-12-24(35-2)19-28(25)36-30/h3-13,18-19H,14-17,20H2,1-2H3/b26-18+. The third-order valence-electron chi connectivity index (χ3n) is 7.00. The zero-order valence-electron chi connectivity index (χ0n) is 20.5. The minimum Gasteiger partial charge on any atom is -0.497 e. The summed E-state index contributed by atoms with van der Waals surface area (Å²) in [7, 11) is 3.22. The molecule has 1 saturated heterocycles. The van der Waals surface area contributed by atoms with Gasteiger partial charge < -0.3 is 19.1 Å². The summed E-state index contributed by atoms with van der Waals surface area (Å²) in [6.45, 7) is 1.02. The van der Waals surface area contributed by atoms with E-state index in [4.69, 9.17) is 14.2 Å². The van der Waals surface area contributed by atoms with Crippen molar-refractivity contribution in [1.29, 1.82) is 0 Å². The molecule has 1 fully saturated rings. The fourth-order valence-electron chi connectivity index (χ4n) is 4.92. The molecule has 2 aliphatic heterocycles. The lowest BCUT2D eigenvalue weighted by Gasteiger charge is -2.44. The number of piperidine rings is 1. The highest BCUT2D eigenvalue weighted by Gasteiger charge is 2.44. The number of ether oxygens (including phenoxy) is 3. The first-order chi connectivity index (χ1) is 17.5. The molecule has 0 atom stereocenters. The van der Waals surface area contributed by atoms with Crippen molar-refractivity contribution >= 4 is 23.3 Å². The van der Waals surface area contributed by atoms with Crippen molar-refractivity contribution in [2.75, 3.05) is 27.3 Å². The number of methoxy groups -OCH3 is 2. The van der Waals surface area contributed by atoms with Crippen LogP contribution in [0.1, 0.15) is 40.7 Å². The Morgan fingerprint density at radius 1 is 0.917 bits per heavy atom. The third-order valence-corrected chi connectivity index (χ3v) is 7.00.